The van der Waals surface area contributed by atoms with Crippen molar-refractivity contribution in [3.8, 4) is 22.8 Å². The lowest BCUT2D eigenvalue weighted by Gasteiger charge is -2.30. The van der Waals surface area contributed by atoms with E-state index in [9.17, 15) is 36.4 Å². The fourth-order valence-corrected chi connectivity index (χ4v) is 10.7. The first-order valence-electron chi connectivity index (χ1n) is 23.9. The van der Waals surface area contributed by atoms with Crippen molar-refractivity contribution in [2.45, 2.75) is 62.6 Å². The van der Waals surface area contributed by atoms with Crippen LogP contribution in [0.15, 0.2) is 88.5 Å². The number of piperidine rings is 1. The number of likely N-dealkylation sites (tertiary alicyclic amines) is 1. The number of thiazole rings is 1. The first kappa shape index (κ1) is 51.8. The molecule has 20 nitrogen and oxygen atoms in total. The van der Waals surface area contributed by atoms with Crippen LogP contribution in [-0.4, -0.2) is 118 Å². The largest absolute Gasteiger partial charge is 0.586 e. The molecule has 2 fully saturated rings. The van der Waals surface area contributed by atoms with Crippen molar-refractivity contribution >= 4 is 71.8 Å². The SMILES string of the molecule is Cc1ccc(NC(=O)C2(c3ccc4c(c3)OC(F)(F)O4)CC2)nc1-c1cccc(C(=O)NCCOCCOCCNC(=O)CCN2CCC(C(=O)Nc3nc4ccc(NS(=O)(=O)c5conc5C)cc4s3)CC2)c1. The topological polar surface area (TPSA) is 255 Å². The van der Waals surface area contributed by atoms with Crippen molar-refractivity contribution in [2.24, 2.45) is 5.92 Å². The number of alkyl halides is 2. The predicted molar refractivity (Wildman–Crippen MR) is 268 cm³/mol. The number of sulfonamides is 1. The number of nitrogens with one attached hydrogen (secondary N) is 5. The molecule has 1 saturated heterocycles. The van der Waals surface area contributed by atoms with Gasteiger partial charge < -0.3 is 49.6 Å². The molecule has 24 heteroatoms. The van der Waals surface area contributed by atoms with Gasteiger partial charge >= 0.3 is 6.29 Å². The number of hydrogen-bond acceptors (Lipinski definition) is 16. The first-order valence-corrected chi connectivity index (χ1v) is 26.2. The molecule has 6 aromatic rings. The highest BCUT2D eigenvalue weighted by atomic mass is 32.2. The maximum Gasteiger partial charge on any atom is 0.586 e. The van der Waals surface area contributed by atoms with Gasteiger partial charge in [0.1, 0.15) is 22.7 Å². The van der Waals surface area contributed by atoms with Gasteiger partial charge in [-0.1, -0.05) is 40.8 Å². The average molecular weight is 1060 g/mol. The van der Waals surface area contributed by atoms with E-state index in [1.165, 1.54) is 30.4 Å². The molecule has 0 spiro atoms. The van der Waals surface area contributed by atoms with Crippen LogP contribution in [0, 0.1) is 19.8 Å². The Morgan fingerprint density at radius 1 is 0.851 bits per heavy atom. The summed E-state index contributed by atoms with van der Waals surface area (Å²) in [6.45, 7) is 7.06. The molecule has 1 saturated carbocycles. The van der Waals surface area contributed by atoms with E-state index in [4.69, 9.17) is 19.0 Å². The van der Waals surface area contributed by atoms with E-state index < -0.39 is 21.7 Å². The third kappa shape index (κ3) is 12.4. The van der Waals surface area contributed by atoms with Crippen molar-refractivity contribution in [1.82, 2.24) is 30.7 Å². The lowest BCUT2D eigenvalue weighted by atomic mass is 9.94. The molecular formula is C50H53F2N9O11S2. The summed E-state index contributed by atoms with van der Waals surface area (Å²) < 4.78 is 81.0. The van der Waals surface area contributed by atoms with Crippen molar-refractivity contribution in [3.05, 3.63) is 101 Å². The molecule has 4 amide bonds. The van der Waals surface area contributed by atoms with Gasteiger partial charge in [0.2, 0.25) is 17.7 Å². The number of benzene rings is 3. The van der Waals surface area contributed by atoms with Gasteiger partial charge in [-0.15, -0.1) is 8.78 Å². The van der Waals surface area contributed by atoms with Gasteiger partial charge in [0.25, 0.3) is 15.9 Å². The standard InChI is InChI=1S/C50H53F2N9O11S2/c1-30-6-11-42(57-47(65)49(15-16-49)35-7-10-38-39(27-35)72-50(51,52)71-38)56-44(30)33-4-3-5-34(26-33)45(63)54-18-23-69-25-24-68-22-17-53-43(62)14-21-61-19-12-32(13-20-61)46(64)58-48-55-37-9-8-36(28-40(37)73-48)60-74(66,67)41-29-70-59-31(41)2/h3-11,26-29,32,60H,12-25H2,1-2H3,(H,53,62)(H,54,63)(H,55,58,64)(H,56,57,65). The first-order chi connectivity index (χ1) is 35.5. The number of pyridine rings is 1. The molecule has 0 unspecified atom stereocenters. The van der Waals surface area contributed by atoms with Crippen molar-refractivity contribution in [3.63, 3.8) is 0 Å². The van der Waals surface area contributed by atoms with E-state index in [2.05, 4.69) is 50.5 Å². The van der Waals surface area contributed by atoms with E-state index in [0.717, 1.165) is 11.8 Å². The van der Waals surface area contributed by atoms with Crippen LogP contribution in [0.3, 0.4) is 0 Å². The monoisotopic (exact) mass is 1060 g/mol. The van der Waals surface area contributed by atoms with E-state index in [1.54, 1.807) is 48.5 Å². The van der Waals surface area contributed by atoms with Crippen LogP contribution in [0.4, 0.5) is 25.4 Å². The van der Waals surface area contributed by atoms with Crippen LogP contribution < -0.4 is 35.5 Å². The number of ether oxygens (including phenoxy) is 4. The summed E-state index contributed by atoms with van der Waals surface area (Å²) in [5, 5.41) is 15.6. The highest BCUT2D eigenvalue weighted by Gasteiger charge is 2.53. The summed E-state index contributed by atoms with van der Waals surface area (Å²) >= 11 is 1.25. The molecule has 390 valence electrons. The van der Waals surface area contributed by atoms with Gasteiger partial charge in [-0.3, -0.25) is 23.9 Å². The Bertz CT molecular complexity index is 3180. The minimum absolute atomic E-state index is 0.0524. The van der Waals surface area contributed by atoms with E-state index >= 15 is 0 Å². The van der Waals surface area contributed by atoms with Gasteiger partial charge in [0.15, 0.2) is 16.6 Å². The number of hydrogen-bond donors (Lipinski definition) is 5. The van der Waals surface area contributed by atoms with Gasteiger partial charge in [-0.2, -0.15) is 0 Å². The summed E-state index contributed by atoms with van der Waals surface area (Å²) in [5.74, 6) is -0.977. The lowest BCUT2D eigenvalue weighted by molar-refractivity contribution is -0.286. The van der Waals surface area contributed by atoms with Crippen LogP contribution in [0.1, 0.15) is 59.3 Å². The highest BCUT2D eigenvalue weighted by Crippen LogP contribution is 2.52. The molecule has 5 N–H and O–H groups in total. The zero-order valence-corrected chi connectivity index (χ0v) is 42.0. The van der Waals surface area contributed by atoms with Crippen LogP contribution in [0.2, 0.25) is 0 Å². The van der Waals surface area contributed by atoms with E-state index in [0.29, 0.717) is 127 Å². The van der Waals surface area contributed by atoms with Crippen molar-refractivity contribution in [2.75, 3.05) is 74.5 Å². The normalized spacial score (nSPS) is 15.9. The summed E-state index contributed by atoms with van der Waals surface area (Å²) in [6, 6.07) is 19.8. The molecule has 2 aliphatic heterocycles. The Balaban J connectivity index is 0.615. The number of aromatic nitrogens is 3. The number of aryl methyl sites for hydroxylation is 2. The summed E-state index contributed by atoms with van der Waals surface area (Å²) in [5.41, 5.74) is 3.30. The second-order valence-corrected chi connectivity index (χ2v) is 20.7. The molecule has 1 aliphatic carbocycles. The van der Waals surface area contributed by atoms with Crippen molar-refractivity contribution < 1.29 is 59.8 Å². The third-order valence-corrected chi connectivity index (χ3v) is 15.2. The Morgan fingerprint density at radius 3 is 2.35 bits per heavy atom. The number of anilines is 3. The molecule has 3 aromatic carbocycles. The Hall–Kier alpha value is -7.12. The molecule has 5 heterocycles. The van der Waals surface area contributed by atoms with Crippen LogP contribution in [0.5, 0.6) is 11.5 Å². The zero-order valence-electron chi connectivity index (χ0n) is 40.3. The van der Waals surface area contributed by atoms with Crippen molar-refractivity contribution in [1.29, 1.82) is 0 Å². The number of amides is 4. The van der Waals surface area contributed by atoms with E-state index in [1.807, 2.05) is 19.1 Å². The minimum atomic E-state index is -3.89. The molecule has 9 rings (SSSR count). The number of rotatable bonds is 22. The maximum atomic E-state index is 13.6. The number of halogens is 2. The molecule has 3 aromatic heterocycles. The zero-order chi connectivity index (χ0) is 52.0. The quantitative estimate of drug-likeness (QED) is 0.0463. The number of fused-ring (bicyclic) bond motifs is 2. The van der Waals surface area contributed by atoms with Crippen LogP contribution >= 0.6 is 11.3 Å². The molecule has 74 heavy (non-hydrogen) atoms. The lowest BCUT2D eigenvalue weighted by Crippen LogP contribution is -2.40. The fraction of sp³-hybridized carbons (Fsp3) is 0.380. The Kier molecular flexibility index (Phi) is 15.5. The number of nitrogens with zero attached hydrogens (tertiary/aromatic N) is 4. The average Bonchev–Trinajstić information content (AvgIpc) is 3.75. The Morgan fingerprint density at radius 2 is 1.61 bits per heavy atom. The molecule has 3 aliphatic rings. The predicted octanol–water partition coefficient (Wildman–Crippen LogP) is 6.38. The smallest absolute Gasteiger partial charge is 0.395 e. The summed E-state index contributed by atoms with van der Waals surface area (Å²) in [6.07, 6.45) is -0.0617. The molecule has 0 atom stereocenters. The Labute approximate surface area is 427 Å². The summed E-state index contributed by atoms with van der Waals surface area (Å²) in [7, 11) is -3.89. The maximum absolute atomic E-state index is 13.6. The summed E-state index contributed by atoms with van der Waals surface area (Å²) in [4.78, 5) is 63.6. The highest BCUT2D eigenvalue weighted by molar-refractivity contribution is 7.92. The van der Waals surface area contributed by atoms with Gasteiger partial charge in [0, 0.05) is 43.1 Å². The second-order valence-electron chi connectivity index (χ2n) is 18.1. The van der Waals surface area contributed by atoms with Crippen LogP contribution in [0.25, 0.3) is 21.5 Å². The third-order valence-electron chi connectivity index (χ3n) is 12.8. The van der Waals surface area contributed by atoms with Crippen LogP contribution in [-0.2, 0) is 39.3 Å². The van der Waals surface area contributed by atoms with E-state index in [-0.39, 0.29) is 64.8 Å². The molecular weight excluding hydrogens is 1000 g/mol. The van der Waals surface area contributed by atoms with Gasteiger partial charge in [0.05, 0.1) is 53.4 Å². The fourth-order valence-electron chi connectivity index (χ4n) is 8.64. The molecule has 0 bridgehead atoms. The second kappa shape index (κ2) is 22.2. The van der Waals surface area contributed by atoms with Gasteiger partial charge in [-0.05, 0) is 112 Å². The number of carbonyl (C=O) groups excluding carboxylic acids is 4. The minimum Gasteiger partial charge on any atom is -0.395 e. The molecule has 0 radical (unpaired) electrons. The van der Waals surface area contributed by atoms with Gasteiger partial charge in [-0.25, -0.2) is 18.4 Å². The number of carbonyl (C=O) groups is 4.